The van der Waals surface area contributed by atoms with Crippen LogP contribution in [-0.2, 0) is 11.2 Å². The van der Waals surface area contributed by atoms with E-state index >= 15 is 0 Å². The van der Waals surface area contributed by atoms with Crippen LogP contribution in [-0.4, -0.2) is 16.1 Å². The average Bonchev–Trinajstić information content (AvgIpc) is 2.39. The Labute approximate surface area is 117 Å². The molecule has 0 unspecified atom stereocenters. The van der Waals surface area contributed by atoms with Crippen LogP contribution in [0.2, 0.25) is 0 Å². The highest BCUT2D eigenvalue weighted by Crippen LogP contribution is 2.21. The number of carbonyl (C=O) groups is 1. The Morgan fingerprint density at radius 3 is 2.60 bits per heavy atom. The highest BCUT2D eigenvalue weighted by atomic mass is 16.4. The maximum absolute atomic E-state index is 10.8. The summed E-state index contributed by atoms with van der Waals surface area (Å²) in [5.74, 6) is -0.856. The van der Waals surface area contributed by atoms with Crippen molar-refractivity contribution in [3.8, 4) is 0 Å². The minimum Gasteiger partial charge on any atom is -0.481 e. The summed E-state index contributed by atoms with van der Waals surface area (Å²) in [7, 11) is 0. The molecule has 1 N–H and O–H groups in total. The van der Waals surface area contributed by atoms with E-state index in [4.69, 9.17) is 5.11 Å². The Kier molecular flexibility index (Phi) is 4.20. The lowest BCUT2D eigenvalue weighted by atomic mass is 10.1. The normalized spacial score (nSPS) is 10.9. The maximum atomic E-state index is 10.8. The van der Waals surface area contributed by atoms with Gasteiger partial charge in [-0.2, -0.15) is 5.11 Å². The zero-order valence-corrected chi connectivity index (χ0v) is 11.4. The van der Waals surface area contributed by atoms with Crippen molar-refractivity contribution in [3.05, 3.63) is 53.3 Å². The van der Waals surface area contributed by atoms with Crippen molar-refractivity contribution in [3.63, 3.8) is 0 Å². The summed E-state index contributed by atoms with van der Waals surface area (Å²) in [4.78, 5) is 14.8. The number of carboxylic acid groups (broad SMARTS) is 1. The van der Waals surface area contributed by atoms with Crippen molar-refractivity contribution in [1.29, 1.82) is 0 Å². The Balaban J connectivity index is 2.23. The van der Waals surface area contributed by atoms with Crippen LogP contribution in [0.4, 0.5) is 11.4 Å². The van der Waals surface area contributed by atoms with Gasteiger partial charge in [0.1, 0.15) is 5.69 Å². The van der Waals surface area contributed by atoms with Gasteiger partial charge >= 0.3 is 5.97 Å². The van der Waals surface area contributed by atoms with Crippen LogP contribution >= 0.6 is 0 Å². The highest BCUT2D eigenvalue weighted by Gasteiger charge is 2.05. The first-order valence-corrected chi connectivity index (χ1v) is 6.19. The van der Waals surface area contributed by atoms with E-state index in [0.29, 0.717) is 11.4 Å². The van der Waals surface area contributed by atoms with E-state index in [0.717, 1.165) is 16.7 Å². The van der Waals surface area contributed by atoms with Crippen molar-refractivity contribution in [1.82, 2.24) is 4.98 Å². The molecule has 1 aromatic carbocycles. The average molecular weight is 269 g/mol. The number of carboxylic acids is 1. The van der Waals surface area contributed by atoms with Gasteiger partial charge in [0.2, 0.25) is 0 Å². The largest absolute Gasteiger partial charge is 0.481 e. The summed E-state index contributed by atoms with van der Waals surface area (Å²) in [6.45, 7) is 3.81. The number of aryl methyl sites for hydroxylation is 2. The van der Waals surface area contributed by atoms with E-state index in [2.05, 4.69) is 15.2 Å². The number of pyridine rings is 1. The number of aromatic nitrogens is 1. The molecule has 1 aromatic heterocycles. The van der Waals surface area contributed by atoms with Crippen molar-refractivity contribution < 1.29 is 9.90 Å². The molecule has 0 atom stereocenters. The van der Waals surface area contributed by atoms with Crippen molar-refractivity contribution >= 4 is 17.3 Å². The number of aliphatic carboxylic acids is 1. The van der Waals surface area contributed by atoms with Gasteiger partial charge < -0.3 is 5.11 Å². The Bertz CT molecular complexity index is 666. The van der Waals surface area contributed by atoms with Crippen molar-refractivity contribution in [2.24, 2.45) is 10.2 Å². The molecular weight excluding hydrogens is 254 g/mol. The molecule has 2 aromatic rings. The Morgan fingerprint density at radius 2 is 1.90 bits per heavy atom. The smallest absolute Gasteiger partial charge is 0.307 e. The van der Waals surface area contributed by atoms with Gasteiger partial charge in [-0.25, -0.2) is 0 Å². The molecule has 5 heteroatoms. The van der Waals surface area contributed by atoms with E-state index < -0.39 is 5.97 Å². The lowest BCUT2D eigenvalue weighted by molar-refractivity contribution is -0.136. The fourth-order valence-corrected chi connectivity index (χ4v) is 1.78. The molecule has 5 nitrogen and oxygen atoms in total. The van der Waals surface area contributed by atoms with E-state index in [9.17, 15) is 4.79 Å². The van der Waals surface area contributed by atoms with Gasteiger partial charge in [0.15, 0.2) is 0 Å². The van der Waals surface area contributed by atoms with E-state index in [1.165, 1.54) is 0 Å². The van der Waals surface area contributed by atoms with Crippen molar-refractivity contribution in [2.45, 2.75) is 20.3 Å². The van der Waals surface area contributed by atoms with E-state index in [1.807, 2.05) is 32.0 Å². The molecule has 20 heavy (non-hydrogen) atoms. The zero-order chi connectivity index (χ0) is 14.5. The first-order chi connectivity index (χ1) is 9.54. The fourth-order valence-electron chi connectivity index (χ4n) is 1.78. The number of azo groups is 1. The number of benzene rings is 1. The first-order valence-electron chi connectivity index (χ1n) is 6.19. The number of rotatable bonds is 4. The summed E-state index contributed by atoms with van der Waals surface area (Å²) in [5.41, 5.74) is 4.00. The summed E-state index contributed by atoms with van der Waals surface area (Å²) in [5, 5.41) is 17.1. The molecule has 0 aliphatic rings. The van der Waals surface area contributed by atoms with E-state index in [-0.39, 0.29) is 6.42 Å². The van der Waals surface area contributed by atoms with Gasteiger partial charge in [-0.15, -0.1) is 5.11 Å². The SMILES string of the molecule is Cc1cncc(/N=N/c2ccc(C)c(CC(=O)O)c2)c1. The van der Waals surface area contributed by atoms with Crippen LogP contribution in [0.1, 0.15) is 16.7 Å². The van der Waals surface area contributed by atoms with Crippen LogP contribution in [0.3, 0.4) is 0 Å². The second kappa shape index (κ2) is 6.06. The molecule has 0 radical (unpaired) electrons. The molecule has 0 bridgehead atoms. The Morgan fingerprint density at radius 1 is 1.15 bits per heavy atom. The first kappa shape index (κ1) is 13.9. The minimum absolute atomic E-state index is 0.0127. The standard InChI is InChI=1S/C15H15N3O2/c1-10-5-14(9-16-8-10)18-17-13-4-3-11(2)12(6-13)7-15(19)20/h3-6,8-9H,7H2,1-2H3,(H,19,20)/b18-17+. The van der Waals surface area contributed by atoms with Crippen LogP contribution in [0.5, 0.6) is 0 Å². The monoisotopic (exact) mass is 269 g/mol. The third-order valence-corrected chi connectivity index (χ3v) is 2.82. The molecule has 0 fully saturated rings. The quantitative estimate of drug-likeness (QED) is 0.859. The van der Waals surface area contributed by atoms with Gasteiger partial charge in [0, 0.05) is 6.20 Å². The zero-order valence-electron chi connectivity index (χ0n) is 11.4. The summed E-state index contributed by atoms with van der Waals surface area (Å²) < 4.78 is 0. The second-order valence-electron chi connectivity index (χ2n) is 4.60. The van der Waals surface area contributed by atoms with Gasteiger partial charge in [0.05, 0.1) is 18.3 Å². The lowest BCUT2D eigenvalue weighted by Gasteiger charge is -2.03. The number of hydrogen-bond acceptors (Lipinski definition) is 4. The van der Waals surface area contributed by atoms with Gasteiger partial charge in [-0.1, -0.05) is 6.07 Å². The maximum Gasteiger partial charge on any atom is 0.307 e. The van der Waals surface area contributed by atoms with Crippen LogP contribution in [0.15, 0.2) is 46.9 Å². The predicted octanol–water partition coefficient (Wildman–Crippen LogP) is 3.74. The van der Waals surface area contributed by atoms with Gasteiger partial charge in [-0.05, 0) is 48.7 Å². The highest BCUT2D eigenvalue weighted by molar-refractivity contribution is 5.71. The van der Waals surface area contributed by atoms with Gasteiger partial charge in [0.25, 0.3) is 0 Å². The second-order valence-corrected chi connectivity index (χ2v) is 4.60. The van der Waals surface area contributed by atoms with Crippen LogP contribution in [0, 0.1) is 13.8 Å². The minimum atomic E-state index is -0.856. The third kappa shape index (κ3) is 3.71. The summed E-state index contributed by atoms with van der Waals surface area (Å²) in [6.07, 6.45) is 3.36. The van der Waals surface area contributed by atoms with E-state index in [1.54, 1.807) is 18.5 Å². The molecule has 102 valence electrons. The molecule has 2 rings (SSSR count). The number of hydrogen-bond donors (Lipinski definition) is 1. The van der Waals surface area contributed by atoms with Crippen molar-refractivity contribution in [2.75, 3.05) is 0 Å². The summed E-state index contributed by atoms with van der Waals surface area (Å²) in [6, 6.07) is 7.29. The Hall–Kier alpha value is -2.56. The molecule has 0 aliphatic heterocycles. The molecule has 0 aliphatic carbocycles. The number of nitrogens with zero attached hydrogens (tertiary/aromatic N) is 3. The molecule has 0 saturated carbocycles. The predicted molar refractivity (Wildman–Crippen MR) is 75.7 cm³/mol. The topological polar surface area (TPSA) is 74.9 Å². The molecule has 1 heterocycles. The molecule has 0 spiro atoms. The molecule has 0 saturated heterocycles. The summed E-state index contributed by atoms with van der Waals surface area (Å²) >= 11 is 0. The molecule has 0 amide bonds. The van der Waals surface area contributed by atoms with Crippen LogP contribution < -0.4 is 0 Å². The third-order valence-electron chi connectivity index (χ3n) is 2.82. The lowest BCUT2D eigenvalue weighted by Crippen LogP contribution is -2.01. The van der Waals surface area contributed by atoms with Crippen LogP contribution in [0.25, 0.3) is 0 Å². The molecular formula is C15H15N3O2. The fraction of sp³-hybridized carbons (Fsp3) is 0.200. The van der Waals surface area contributed by atoms with Gasteiger partial charge in [-0.3, -0.25) is 9.78 Å².